The smallest absolute Gasteiger partial charge is 0.326 e. The summed E-state index contributed by atoms with van der Waals surface area (Å²) in [7, 11) is 1.46. The molecule has 0 bridgehead atoms. The van der Waals surface area contributed by atoms with Crippen molar-refractivity contribution in [1.82, 2.24) is 4.90 Å². The first-order chi connectivity index (χ1) is 8.43. The summed E-state index contributed by atoms with van der Waals surface area (Å²) >= 11 is 3.37. The van der Waals surface area contributed by atoms with Crippen LogP contribution in [0.2, 0.25) is 0 Å². The highest BCUT2D eigenvalue weighted by Gasteiger charge is 2.19. The molecule has 0 fully saturated rings. The number of hydrogen-bond acceptors (Lipinski definition) is 2. The molecule has 96 valence electrons. The van der Waals surface area contributed by atoms with Crippen LogP contribution < -0.4 is 0 Å². The number of carboxylic acids is 1. The maximum absolute atomic E-state index is 11.7. The second kappa shape index (κ2) is 6.35. The number of carboxylic acid groups (broad SMARTS) is 1. The molecule has 0 aromatic heterocycles. The summed E-state index contributed by atoms with van der Waals surface area (Å²) < 4.78 is 0.878. The Morgan fingerprint density at radius 1 is 1.39 bits per heavy atom. The summed E-state index contributed by atoms with van der Waals surface area (Å²) in [4.78, 5) is 23.7. The zero-order chi connectivity index (χ0) is 13.7. The number of nitrogens with zero attached hydrogens (tertiary/aromatic N) is 1. The molecule has 1 rings (SSSR count). The number of benzene rings is 1. The third-order valence-electron chi connectivity index (χ3n) is 2.60. The Kier molecular flexibility index (Phi) is 5.09. The Balaban J connectivity index is 2.76. The Hall–Kier alpha value is -1.62. The third kappa shape index (κ3) is 3.70. The van der Waals surface area contributed by atoms with E-state index < -0.39 is 12.0 Å². The Labute approximate surface area is 114 Å². The van der Waals surface area contributed by atoms with Gasteiger partial charge in [0.15, 0.2) is 0 Å². The van der Waals surface area contributed by atoms with Crippen molar-refractivity contribution >= 4 is 33.9 Å². The van der Waals surface area contributed by atoms with Gasteiger partial charge in [-0.3, -0.25) is 4.79 Å². The third-order valence-corrected chi connectivity index (χ3v) is 3.32. The standard InChI is InChI=1S/C13H14BrNO3/c1-9(13(17)18)15(2)12(16)8-7-10-5-3-4-6-11(10)14/h3-9H,1-2H3,(H,17,18)/b8-7+. The van der Waals surface area contributed by atoms with Gasteiger partial charge in [0.1, 0.15) is 6.04 Å². The molecule has 0 saturated carbocycles. The van der Waals surface area contributed by atoms with Crippen molar-refractivity contribution in [3.63, 3.8) is 0 Å². The lowest BCUT2D eigenvalue weighted by Crippen LogP contribution is -2.39. The van der Waals surface area contributed by atoms with E-state index in [1.165, 1.54) is 24.9 Å². The van der Waals surface area contributed by atoms with Crippen molar-refractivity contribution in [1.29, 1.82) is 0 Å². The van der Waals surface area contributed by atoms with Gasteiger partial charge in [0.25, 0.3) is 0 Å². The fourth-order valence-electron chi connectivity index (χ4n) is 1.25. The van der Waals surface area contributed by atoms with E-state index in [0.29, 0.717) is 0 Å². The molecule has 1 aromatic carbocycles. The minimum Gasteiger partial charge on any atom is -0.480 e. The first-order valence-electron chi connectivity index (χ1n) is 5.35. The molecular weight excluding hydrogens is 298 g/mol. The average molecular weight is 312 g/mol. The van der Waals surface area contributed by atoms with E-state index in [0.717, 1.165) is 10.0 Å². The number of halogens is 1. The molecule has 0 aliphatic rings. The Morgan fingerprint density at radius 2 is 2.00 bits per heavy atom. The number of amides is 1. The van der Waals surface area contributed by atoms with Crippen LogP contribution in [0, 0.1) is 0 Å². The first kappa shape index (κ1) is 14.4. The summed E-state index contributed by atoms with van der Waals surface area (Å²) in [5, 5.41) is 8.81. The highest BCUT2D eigenvalue weighted by Crippen LogP contribution is 2.17. The number of carbonyl (C=O) groups excluding carboxylic acids is 1. The lowest BCUT2D eigenvalue weighted by molar-refractivity contribution is -0.146. The minimum absolute atomic E-state index is 0.347. The lowest BCUT2D eigenvalue weighted by Gasteiger charge is -2.19. The van der Waals surface area contributed by atoms with E-state index in [9.17, 15) is 9.59 Å². The molecule has 1 atom stereocenters. The molecule has 0 aliphatic heterocycles. The highest BCUT2D eigenvalue weighted by molar-refractivity contribution is 9.10. The SMILES string of the molecule is CC(C(=O)O)N(C)C(=O)/C=C/c1ccccc1Br. The van der Waals surface area contributed by atoms with Crippen molar-refractivity contribution in [2.24, 2.45) is 0 Å². The fraction of sp³-hybridized carbons (Fsp3) is 0.231. The minimum atomic E-state index is -1.03. The Bertz CT molecular complexity index is 485. The number of likely N-dealkylation sites (N-methyl/N-ethyl adjacent to an activating group) is 1. The quantitative estimate of drug-likeness (QED) is 0.869. The molecular formula is C13H14BrNO3. The van der Waals surface area contributed by atoms with Crippen molar-refractivity contribution in [2.75, 3.05) is 7.05 Å². The maximum atomic E-state index is 11.7. The molecule has 0 radical (unpaired) electrons. The predicted octanol–water partition coefficient (Wildman–Crippen LogP) is 2.39. The van der Waals surface area contributed by atoms with E-state index >= 15 is 0 Å². The van der Waals surface area contributed by atoms with Crippen molar-refractivity contribution in [3.8, 4) is 0 Å². The van der Waals surface area contributed by atoms with Crippen LogP contribution in [0.25, 0.3) is 6.08 Å². The molecule has 4 nitrogen and oxygen atoms in total. The van der Waals surface area contributed by atoms with Crippen molar-refractivity contribution in [3.05, 3.63) is 40.4 Å². The molecule has 18 heavy (non-hydrogen) atoms. The normalized spacial score (nSPS) is 12.4. The van der Waals surface area contributed by atoms with E-state index in [2.05, 4.69) is 15.9 Å². The monoisotopic (exact) mass is 311 g/mol. The molecule has 1 unspecified atom stereocenters. The van der Waals surface area contributed by atoms with Crippen LogP contribution >= 0.6 is 15.9 Å². The first-order valence-corrected chi connectivity index (χ1v) is 6.15. The largest absolute Gasteiger partial charge is 0.480 e. The van der Waals surface area contributed by atoms with Crippen LogP contribution in [0.1, 0.15) is 12.5 Å². The van der Waals surface area contributed by atoms with Gasteiger partial charge in [-0.1, -0.05) is 34.1 Å². The van der Waals surface area contributed by atoms with E-state index in [-0.39, 0.29) is 5.91 Å². The van der Waals surface area contributed by atoms with Crippen LogP contribution in [0.4, 0.5) is 0 Å². The summed E-state index contributed by atoms with van der Waals surface area (Å²) in [6.07, 6.45) is 3.01. The number of rotatable bonds is 4. The molecule has 1 N–H and O–H groups in total. The molecule has 1 amide bonds. The summed E-state index contributed by atoms with van der Waals surface area (Å²) in [5.41, 5.74) is 0.863. The molecule has 5 heteroatoms. The van der Waals surface area contributed by atoms with Gasteiger partial charge >= 0.3 is 5.97 Å². The van der Waals surface area contributed by atoms with Gasteiger partial charge in [-0.2, -0.15) is 0 Å². The van der Waals surface area contributed by atoms with Gasteiger partial charge in [0.05, 0.1) is 0 Å². The van der Waals surface area contributed by atoms with Crippen LogP contribution in [0.3, 0.4) is 0 Å². The summed E-state index contributed by atoms with van der Waals surface area (Å²) in [5.74, 6) is -1.37. The zero-order valence-corrected chi connectivity index (χ0v) is 11.7. The average Bonchev–Trinajstić information content (AvgIpc) is 2.35. The molecule has 0 aliphatic carbocycles. The lowest BCUT2D eigenvalue weighted by atomic mass is 10.2. The second-order valence-electron chi connectivity index (χ2n) is 3.82. The van der Waals surface area contributed by atoms with Crippen molar-refractivity contribution < 1.29 is 14.7 Å². The Morgan fingerprint density at radius 3 is 2.56 bits per heavy atom. The topological polar surface area (TPSA) is 57.6 Å². The van der Waals surface area contributed by atoms with Gasteiger partial charge in [-0.25, -0.2) is 4.79 Å². The number of carbonyl (C=O) groups is 2. The van der Waals surface area contributed by atoms with Crippen LogP contribution in [-0.4, -0.2) is 35.0 Å². The number of hydrogen-bond donors (Lipinski definition) is 1. The van der Waals surface area contributed by atoms with Gasteiger partial charge in [-0.15, -0.1) is 0 Å². The van der Waals surface area contributed by atoms with Gasteiger partial charge in [0.2, 0.25) is 5.91 Å². The van der Waals surface area contributed by atoms with Crippen LogP contribution in [0.15, 0.2) is 34.8 Å². The van der Waals surface area contributed by atoms with E-state index in [1.807, 2.05) is 24.3 Å². The number of aliphatic carboxylic acids is 1. The summed E-state index contributed by atoms with van der Waals surface area (Å²) in [6.45, 7) is 1.46. The maximum Gasteiger partial charge on any atom is 0.326 e. The molecule has 1 aromatic rings. The van der Waals surface area contributed by atoms with Gasteiger partial charge < -0.3 is 10.0 Å². The zero-order valence-electron chi connectivity index (χ0n) is 10.1. The molecule has 0 saturated heterocycles. The van der Waals surface area contributed by atoms with Gasteiger partial charge in [0, 0.05) is 17.6 Å². The summed E-state index contributed by atoms with van der Waals surface area (Å²) in [6, 6.07) is 6.61. The van der Waals surface area contributed by atoms with E-state index in [4.69, 9.17) is 5.11 Å². The van der Waals surface area contributed by atoms with Crippen LogP contribution in [-0.2, 0) is 9.59 Å². The van der Waals surface area contributed by atoms with Crippen LogP contribution in [0.5, 0.6) is 0 Å². The fourth-order valence-corrected chi connectivity index (χ4v) is 1.66. The van der Waals surface area contributed by atoms with E-state index in [1.54, 1.807) is 6.08 Å². The molecule has 0 heterocycles. The van der Waals surface area contributed by atoms with Gasteiger partial charge in [-0.05, 0) is 24.6 Å². The second-order valence-corrected chi connectivity index (χ2v) is 4.67. The predicted molar refractivity (Wildman–Crippen MR) is 73.0 cm³/mol. The molecule has 0 spiro atoms. The van der Waals surface area contributed by atoms with Crippen molar-refractivity contribution in [2.45, 2.75) is 13.0 Å². The highest BCUT2D eigenvalue weighted by atomic mass is 79.9.